The van der Waals surface area contributed by atoms with Crippen molar-refractivity contribution in [1.29, 1.82) is 0 Å². The molecule has 2 fully saturated rings. The highest BCUT2D eigenvalue weighted by molar-refractivity contribution is 7.98. The van der Waals surface area contributed by atoms with Crippen LogP contribution in [-0.2, 0) is 16.1 Å². The van der Waals surface area contributed by atoms with Gasteiger partial charge in [-0.05, 0) is 61.4 Å². The standard InChI is InChI=1S/C27H36FN3O2S/c1-33-27(32)12-9-22-20-29(19-21-7-10-23(34-2)11-8-21)14-13-25(22)30-15-17-31(18-16-30)26-6-4-3-5-24(26)28/h3-8,10-11,22,25H,9,12-20H2,1-2H3/t22-,25+/m0/s1. The largest absolute Gasteiger partial charge is 0.469 e. The number of piperazine rings is 1. The maximum Gasteiger partial charge on any atom is 0.305 e. The Bertz CT molecular complexity index is 934. The van der Waals surface area contributed by atoms with E-state index in [1.807, 2.05) is 12.1 Å². The van der Waals surface area contributed by atoms with Crippen molar-refractivity contribution in [3.63, 3.8) is 0 Å². The number of methoxy groups -OCH3 is 1. The topological polar surface area (TPSA) is 36.0 Å². The Hall–Kier alpha value is -2.09. The van der Waals surface area contributed by atoms with Crippen LogP contribution in [0, 0.1) is 11.7 Å². The molecule has 0 radical (unpaired) electrons. The van der Waals surface area contributed by atoms with Gasteiger partial charge in [-0.15, -0.1) is 11.8 Å². The van der Waals surface area contributed by atoms with Gasteiger partial charge in [-0.2, -0.15) is 0 Å². The molecule has 0 amide bonds. The van der Waals surface area contributed by atoms with Gasteiger partial charge in [0.25, 0.3) is 0 Å². The predicted molar refractivity (Wildman–Crippen MR) is 137 cm³/mol. The van der Waals surface area contributed by atoms with Crippen LogP contribution in [0.25, 0.3) is 0 Å². The summed E-state index contributed by atoms with van der Waals surface area (Å²) in [7, 11) is 1.47. The SMILES string of the molecule is COC(=O)CC[C@H]1CN(Cc2ccc(SC)cc2)CC[C@H]1N1CCN(c2ccccc2F)CC1. The van der Waals surface area contributed by atoms with E-state index in [4.69, 9.17) is 4.74 Å². The summed E-state index contributed by atoms with van der Waals surface area (Å²) in [6.07, 6.45) is 4.49. The molecule has 2 heterocycles. The summed E-state index contributed by atoms with van der Waals surface area (Å²) in [6.45, 7) is 6.47. The van der Waals surface area contributed by atoms with Gasteiger partial charge in [0.15, 0.2) is 0 Å². The third-order valence-corrected chi connectivity index (χ3v) is 8.01. The zero-order chi connectivity index (χ0) is 23.9. The van der Waals surface area contributed by atoms with Crippen LogP contribution in [0.3, 0.4) is 0 Å². The predicted octanol–water partition coefficient (Wildman–Crippen LogP) is 4.51. The van der Waals surface area contributed by atoms with Crippen molar-refractivity contribution in [2.24, 2.45) is 5.92 Å². The highest BCUT2D eigenvalue weighted by atomic mass is 32.2. The summed E-state index contributed by atoms with van der Waals surface area (Å²) >= 11 is 1.76. The Morgan fingerprint density at radius 2 is 1.79 bits per heavy atom. The van der Waals surface area contributed by atoms with Crippen LogP contribution in [-0.4, -0.2) is 74.4 Å². The Labute approximate surface area is 207 Å². The first-order valence-electron chi connectivity index (χ1n) is 12.2. The first-order chi connectivity index (χ1) is 16.6. The van der Waals surface area contributed by atoms with Crippen molar-refractivity contribution in [3.05, 3.63) is 59.9 Å². The van der Waals surface area contributed by atoms with E-state index >= 15 is 0 Å². The van der Waals surface area contributed by atoms with Crippen LogP contribution in [0.1, 0.15) is 24.8 Å². The molecule has 0 spiro atoms. The maximum atomic E-state index is 14.3. The molecule has 34 heavy (non-hydrogen) atoms. The third-order valence-electron chi connectivity index (χ3n) is 7.27. The number of halogens is 1. The number of anilines is 1. The molecule has 2 aromatic rings. The molecule has 2 aromatic carbocycles. The quantitative estimate of drug-likeness (QED) is 0.404. The molecule has 2 atom stereocenters. The van der Waals surface area contributed by atoms with Crippen molar-refractivity contribution in [1.82, 2.24) is 9.80 Å². The number of ether oxygens (including phenoxy) is 1. The Morgan fingerprint density at radius 1 is 1.06 bits per heavy atom. The second-order valence-corrected chi connectivity index (χ2v) is 10.2. The summed E-state index contributed by atoms with van der Waals surface area (Å²) in [4.78, 5) is 20.5. The molecule has 2 aliphatic heterocycles. The molecule has 5 nitrogen and oxygen atoms in total. The second kappa shape index (κ2) is 12.0. The smallest absolute Gasteiger partial charge is 0.305 e. The van der Waals surface area contributed by atoms with Gasteiger partial charge in [-0.1, -0.05) is 24.3 Å². The van der Waals surface area contributed by atoms with Crippen LogP contribution >= 0.6 is 11.8 Å². The highest BCUT2D eigenvalue weighted by Crippen LogP contribution is 2.30. The fourth-order valence-electron chi connectivity index (χ4n) is 5.40. The van der Waals surface area contributed by atoms with E-state index in [9.17, 15) is 9.18 Å². The number of hydrogen-bond acceptors (Lipinski definition) is 6. The molecule has 0 bridgehead atoms. The van der Waals surface area contributed by atoms with E-state index in [0.717, 1.165) is 58.7 Å². The van der Waals surface area contributed by atoms with E-state index in [1.54, 1.807) is 17.8 Å². The van der Waals surface area contributed by atoms with Crippen molar-refractivity contribution >= 4 is 23.4 Å². The number of carbonyl (C=O) groups is 1. The van der Waals surface area contributed by atoms with Gasteiger partial charge in [-0.25, -0.2) is 4.39 Å². The van der Waals surface area contributed by atoms with Gasteiger partial charge in [0.2, 0.25) is 0 Å². The van der Waals surface area contributed by atoms with E-state index < -0.39 is 0 Å². The molecular formula is C27H36FN3O2S. The molecule has 2 saturated heterocycles. The average Bonchev–Trinajstić information content (AvgIpc) is 2.88. The van der Waals surface area contributed by atoms with E-state index in [-0.39, 0.29) is 11.8 Å². The fraction of sp³-hybridized carbons (Fsp3) is 0.519. The average molecular weight is 486 g/mol. The number of nitrogens with zero attached hydrogens (tertiary/aromatic N) is 3. The van der Waals surface area contributed by atoms with Gasteiger partial charge < -0.3 is 9.64 Å². The van der Waals surface area contributed by atoms with E-state index in [2.05, 4.69) is 45.2 Å². The monoisotopic (exact) mass is 485 g/mol. The summed E-state index contributed by atoms with van der Waals surface area (Å²) < 4.78 is 19.2. The Morgan fingerprint density at radius 3 is 2.47 bits per heavy atom. The van der Waals surface area contributed by atoms with Crippen molar-refractivity contribution in [3.8, 4) is 0 Å². The number of para-hydroxylation sites is 1. The number of piperidine rings is 1. The Balaban J connectivity index is 1.38. The molecule has 4 rings (SSSR count). The van der Waals surface area contributed by atoms with Gasteiger partial charge >= 0.3 is 5.97 Å². The molecular weight excluding hydrogens is 449 g/mol. The minimum absolute atomic E-state index is 0.132. The van der Waals surface area contributed by atoms with Gasteiger partial charge in [0.05, 0.1) is 12.8 Å². The molecule has 0 saturated carbocycles. The van der Waals surface area contributed by atoms with Gasteiger partial charge in [0.1, 0.15) is 5.82 Å². The number of rotatable bonds is 8. The second-order valence-electron chi connectivity index (χ2n) is 9.29. The first kappa shape index (κ1) is 25.0. The molecule has 0 N–H and O–H groups in total. The van der Waals surface area contributed by atoms with Gasteiger partial charge in [-0.3, -0.25) is 14.6 Å². The molecule has 184 valence electrons. The van der Waals surface area contributed by atoms with Gasteiger partial charge in [0, 0.05) is 56.6 Å². The zero-order valence-corrected chi connectivity index (χ0v) is 21.1. The normalized spacial score (nSPS) is 22.0. The lowest BCUT2D eigenvalue weighted by molar-refractivity contribution is -0.141. The molecule has 0 unspecified atom stereocenters. The Kier molecular flexibility index (Phi) is 8.86. The number of likely N-dealkylation sites (tertiary alicyclic amines) is 1. The molecule has 0 aliphatic carbocycles. The van der Waals surface area contributed by atoms with Crippen LogP contribution in [0.4, 0.5) is 10.1 Å². The number of thioether (sulfide) groups is 1. The molecule has 7 heteroatoms. The summed E-state index contributed by atoms with van der Waals surface area (Å²) in [5.74, 6) is 0.136. The minimum Gasteiger partial charge on any atom is -0.469 e. The lowest BCUT2D eigenvalue weighted by atomic mass is 9.86. The summed E-state index contributed by atoms with van der Waals surface area (Å²) in [5, 5.41) is 0. The van der Waals surface area contributed by atoms with Crippen molar-refractivity contribution in [2.45, 2.75) is 36.7 Å². The number of esters is 1. The van der Waals surface area contributed by atoms with Crippen LogP contribution in [0.2, 0.25) is 0 Å². The van der Waals surface area contributed by atoms with Crippen molar-refractivity contribution in [2.75, 3.05) is 57.5 Å². The lowest BCUT2D eigenvalue weighted by Gasteiger charge is -2.47. The maximum absolute atomic E-state index is 14.3. The number of hydrogen-bond donors (Lipinski definition) is 0. The van der Waals surface area contributed by atoms with Crippen LogP contribution in [0.5, 0.6) is 0 Å². The number of benzene rings is 2. The van der Waals surface area contributed by atoms with Crippen molar-refractivity contribution < 1.29 is 13.9 Å². The highest BCUT2D eigenvalue weighted by Gasteiger charge is 2.35. The fourth-order valence-corrected chi connectivity index (χ4v) is 5.81. The summed E-state index contributed by atoms with van der Waals surface area (Å²) in [5.41, 5.74) is 2.04. The van der Waals surface area contributed by atoms with E-state index in [1.165, 1.54) is 23.6 Å². The first-order valence-corrected chi connectivity index (χ1v) is 13.5. The van der Waals surface area contributed by atoms with Crippen LogP contribution in [0.15, 0.2) is 53.4 Å². The van der Waals surface area contributed by atoms with E-state index in [0.29, 0.717) is 24.1 Å². The number of carbonyl (C=O) groups excluding carboxylic acids is 1. The molecule has 0 aromatic heterocycles. The zero-order valence-electron chi connectivity index (χ0n) is 20.3. The summed E-state index contributed by atoms with van der Waals surface area (Å²) in [6, 6.07) is 16.3. The molecule has 2 aliphatic rings. The lowest BCUT2D eigenvalue weighted by Crippen LogP contribution is -2.56. The minimum atomic E-state index is -0.147. The van der Waals surface area contributed by atoms with Crippen LogP contribution < -0.4 is 4.90 Å². The third kappa shape index (κ3) is 6.32.